The van der Waals surface area contributed by atoms with Gasteiger partial charge in [-0.2, -0.15) is 0 Å². The Labute approximate surface area is 162 Å². The van der Waals surface area contributed by atoms with Gasteiger partial charge in [0, 0.05) is 12.1 Å². The van der Waals surface area contributed by atoms with Crippen LogP contribution < -0.4 is 10.1 Å². The highest BCUT2D eigenvalue weighted by atomic mass is 32.2. The lowest BCUT2D eigenvalue weighted by Crippen LogP contribution is -2.31. The average molecular weight is 402 g/mol. The summed E-state index contributed by atoms with van der Waals surface area (Å²) in [6, 6.07) is 18.9. The Hall–Kier alpha value is -2.64. The number of nitrogens with one attached hydrogen (secondary N) is 1. The monoisotopic (exact) mass is 401 g/mol. The highest BCUT2D eigenvalue weighted by Crippen LogP contribution is 2.31. The quantitative estimate of drug-likeness (QED) is 0.655. The van der Waals surface area contributed by atoms with Crippen molar-refractivity contribution in [3.8, 4) is 5.75 Å². The molecule has 2 aromatic carbocycles. The van der Waals surface area contributed by atoms with Gasteiger partial charge in [-0.15, -0.1) is 11.3 Å². The molecule has 0 radical (unpaired) electrons. The molecule has 3 aromatic rings. The third-order valence-corrected chi connectivity index (χ3v) is 7.63. The van der Waals surface area contributed by atoms with Crippen molar-refractivity contribution in [2.45, 2.75) is 9.46 Å². The molecule has 0 saturated heterocycles. The van der Waals surface area contributed by atoms with Gasteiger partial charge in [0.2, 0.25) is 0 Å². The predicted molar refractivity (Wildman–Crippen MR) is 106 cm³/mol. The fourth-order valence-corrected chi connectivity index (χ4v) is 5.56. The van der Waals surface area contributed by atoms with Crippen LogP contribution in [-0.2, 0) is 9.84 Å². The van der Waals surface area contributed by atoms with Gasteiger partial charge in [0.05, 0.1) is 7.11 Å². The van der Waals surface area contributed by atoms with E-state index in [0.717, 1.165) is 0 Å². The predicted octanol–water partition coefficient (Wildman–Crippen LogP) is 3.70. The van der Waals surface area contributed by atoms with E-state index in [2.05, 4.69) is 5.32 Å². The highest BCUT2D eigenvalue weighted by molar-refractivity contribution is 7.93. The third-order valence-electron chi connectivity index (χ3n) is 4.10. The first-order chi connectivity index (χ1) is 13.0. The standard InChI is InChI=1S/C20H19NO4S2/c1-25-17-10-5-9-16(13-17)20(22)21-14-18(15-7-3-2-4-8-15)27(23,24)19-11-6-12-26-19/h2-13,18H,14H2,1H3,(H,21,22)/t18-/m0/s1. The molecule has 1 aromatic heterocycles. The number of hydrogen-bond donors (Lipinski definition) is 1. The van der Waals surface area contributed by atoms with E-state index >= 15 is 0 Å². The zero-order valence-corrected chi connectivity index (χ0v) is 16.3. The normalized spacial score (nSPS) is 12.3. The minimum absolute atomic E-state index is 0.0275. The van der Waals surface area contributed by atoms with Gasteiger partial charge in [0.25, 0.3) is 5.91 Å². The van der Waals surface area contributed by atoms with E-state index < -0.39 is 15.1 Å². The number of hydrogen-bond acceptors (Lipinski definition) is 5. The van der Waals surface area contributed by atoms with E-state index in [9.17, 15) is 13.2 Å². The summed E-state index contributed by atoms with van der Waals surface area (Å²) in [5.74, 6) is 0.213. The molecule has 3 rings (SSSR count). The molecule has 7 heteroatoms. The minimum atomic E-state index is -3.62. The van der Waals surface area contributed by atoms with Gasteiger partial charge in [0.1, 0.15) is 15.2 Å². The first-order valence-corrected chi connectivity index (χ1v) is 10.7. The maximum Gasteiger partial charge on any atom is 0.251 e. The molecule has 27 heavy (non-hydrogen) atoms. The molecule has 0 unspecified atom stereocenters. The van der Waals surface area contributed by atoms with E-state index in [1.807, 2.05) is 6.07 Å². The van der Waals surface area contributed by atoms with Crippen molar-refractivity contribution in [1.82, 2.24) is 5.32 Å². The Kier molecular flexibility index (Phi) is 5.93. The molecular weight excluding hydrogens is 382 g/mol. The van der Waals surface area contributed by atoms with Crippen LogP contribution in [-0.4, -0.2) is 28.0 Å². The lowest BCUT2D eigenvalue weighted by Gasteiger charge is -2.18. The second-order valence-corrected chi connectivity index (χ2v) is 9.12. The maximum atomic E-state index is 13.1. The van der Waals surface area contributed by atoms with Crippen molar-refractivity contribution in [3.63, 3.8) is 0 Å². The molecule has 1 N–H and O–H groups in total. The van der Waals surface area contributed by atoms with Crippen molar-refractivity contribution in [2.24, 2.45) is 0 Å². The van der Waals surface area contributed by atoms with Crippen LogP contribution in [0.3, 0.4) is 0 Å². The second kappa shape index (κ2) is 8.37. The van der Waals surface area contributed by atoms with Crippen molar-refractivity contribution in [3.05, 3.63) is 83.2 Å². The molecule has 140 valence electrons. The Morgan fingerprint density at radius 1 is 1.07 bits per heavy atom. The van der Waals surface area contributed by atoms with Crippen LogP contribution in [0, 0.1) is 0 Å². The lowest BCUT2D eigenvalue weighted by atomic mass is 10.1. The van der Waals surface area contributed by atoms with E-state index in [4.69, 9.17) is 4.74 Å². The molecule has 5 nitrogen and oxygen atoms in total. The fraction of sp³-hybridized carbons (Fsp3) is 0.150. The molecule has 0 bridgehead atoms. The van der Waals surface area contributed by atoms with E-state index in [1.54, 1.807) is 66.0 Å². The molecule has 1 atom stereocenters. The Bertz CT molecular complexity index is 999. The Morgan fingerprint density at radius 2 is 1.85 bits per heavy atom. The zero-order chi connectivity index (χ0) is 19.3. The molecule has 1 amide bonds. The molecule has 0 spiro atoms. The smallest absolute Gasteiger partial charge is 0.251 e. The number of ether oxygens (including phenoxy) is 1. The Balaban J connectivity index is 1.85. The van der Waals surface area contributed by atoms with Crippen LogP contribution in [0.2, 0.25) is 0 Å². The summed E-state index contributed by atoms with van der Waals surface area (Å²) in [7, 11) is -2.10. The molecule has 1 heterocycles. The number of amides is 1. The summed E-state index contributed by atoms with van der Waals surface area (Å²) in [6.07, 6.45) is 0. The summed E-state index contributed by atoms with van der Waals surface area (Å²) >= 11 is 1.17. The van der Waals surface area contributed by atoms with E-state index in [1.165, 1.54) is 18.4 Å². The van der Waals surface area contributed by atoms with Gasteiger partial charge in [-0.05, 0) is 35.2 Å². The van der Waals surface area contributed by atoms with Crippen LogP contribution in [0.5, 0.6) is 5.75 Å². The van der Waals surface area contributed by atoms with Crippen molar-refractivity contribution >= 4 is 27.1 Å². The number of carbonyl (C=O) groups excluding carboxylic acids is 1. The van der Waals surface area contributed by atoms with Crippen molar-refractivity contribution in [1.29, 1.82) is 0 Å². The lowest BCUT2D eigenvalue weighted by molar-refractivity contribution is 0.0953. The number of rotatable bonds is 7. The number of thiophene rings is 1. The van der Waals surface area contributed by atoms with E-state index in [-0.39, 0.29) is 16.7 Å². The van der Waals surface area contributed by atoms with Crippen LogP contribution in [0.1, 0.15) is 21.2 Å². The van der Waals surface area contributed by atoms with Gasteiger partial charge in [-0.25, -0.2) is 8.42 Å². The third kappa shape index (κ3) is 4.37. The molecule has 0 aliphatic carbocycles. The van der Waals surface area contributed by atoms with Crippen LogP contribution in [0.25, 0.3) is 0 Å². The summed E-state index contributed by atoms with van der Waals surface area (Å²) in [6.45, 7) is -0.0275. The SMILES string of the molecule is COc1cccc(C(=O)NC[C@@H](c2ccccc2)S(=O)(=O)c2cccs2)c1. The van der Waals surface area contributed by atoms with Crippen LogP contribution in [0.15, 0.2) is 76.3 Å². The molecule has 0 fully saturated rings. The number of benzene rings is 2. The average Bonchev–Trinajstić information content (AvgIpc) is 3.24. The number of carbonyl (C=O) groups is 1. The van der Waals surface area contributed by atoms with Crippen LogP contribution in [0.4, 0.5) is 0 Å². The zero-order valence-electron chi connectivity index (χ0n) is 14.7. The molecule has 0 aliphatic rings. The molecular formula is C20H19NO4S2. The summed E-state index contributed by atoms with van der Waals surface area (Å²) in [5, 5.41) is 3.61. The number of methoxy groups -OCH3 is 1. The van der Waals surface area contributed by atoms with Crippen molar-refractivity contribution < 1.29 is 17.9 Å². The summed E-state index contributed by atoms with van der Waals surface area (Å²) < 4.78 is 31.6. The molecule has 0 aliphatic heterocycles. The van der Waals surface area contributed by atoms with Crippen molar-refractivity contribution in [2.75, 3.05) is 13.7 Å². The second-order valence-electron chi connectivity index (χ2n) is 5.82. The van der Waals surface area contributed by atoms with Gasteiger partial charge in [-0.3, -0.25) is 4.79 Å². The summed E-state index contributed by atoms with van der Waals surface area (Å²) in [5.41, 5.74) is 1.05. The van der Waals surface area contributed by atoms with E-state index in [0.29, 0.717) is 16.9 Å². The van der Waals surface area contributed by atoms with Gasteiger partial charge >= 0.3 is 0 Å². The fourth-order valence-electron chi connectivity index (χ4n) is 2.69. The summed E-state index contributed by atoms with van der Waals surface area (Å²) in [4.78, 5) is 12.5. The maximum absolute atomic E-state index is 13.1. The Morgan fingerprint density at radius 3 is 2.52 bits per heavy atom. The number of sulfone groups is 1. The topological polar surface area (TPSA) is 72.5 Å². The van der Waals surface area contributed by atoms with Gasteiger partial charge < -0.3 is 10.1 Å². The highest BCUT2D eigenvalue weighted by Gasteiger charge is 2.30. The van der Waals surface area contributed by atoms with Crippen LogP contribution >= 0.6 is 11.3 Å². The first kappa shape index (κ1) is 19.1. The molecule has 0 saturated carbocycles. The van der Waals surface area contributed by atoms with Gasteiger partial charge in [0.15, 0.2) is 9.84 Å². The minimum Gasteiger partial charge on any atom is -0.497 e. The largest absolute Gasteiger partial charge is 0.497 e. The first-order valence-electron chi connectivity index (χ1n) is 8.27. The van der Waals surface area contributed by atoms with Gasteiger partial charge in [-0.1, -0.05) is 42.5 Å².